The fourth-order valence-electron chi connectivity index (χ4n) is 2.17. The summed E-state index contributed by atoms with van der Waals surface area (Å²) in [6, 6.07) is 10.4. The van der Waals surface area contributed by atoms with Gasteiger partial charge in [-0.2, -0.15) is 0 Å². The van der Waals surface area contributed by atoms with Crippen molar-refractivity contribution in [2.24, 2.45) is 0 Å². The Labute approximate surface area is 140 Å². The topological polar surface area (TPSA) is 70.2 Å². The lowest BCUT2D eigenvalue weighted by atomic mass is 10.1. The first-order valence-corrected chi connectivity index (χ1v) is 7.61. The number of para-hydroxylation sites is 1. The van der Waals surface area contributed by atoms with Crippen molar-refractivity contribution in [3.8, 4) is 0 Å². The summed E-state index contributed by atoms with van der Waals surface area (Å²) in [5.41, 5.74) is 1.85. The third-order valence-corrected chi connectivity index (χ3v) is 3.28. The van der Waals surface area contributed by atoms with Gasteiger partial charge in [-0.3, -0.25) is 4.79 Å². The van der Waals surface area contributed by atoms with E-state index < -0.39 is 0 Å². The van der Waals surface area contributed by atoms with Crippen LogP contribution < -0.4 is 16.0 Å². The largest absolute Gasteiger partial charge is 0.336 e. The minimum absolute atomic E-state index is 0.0205. The number of hydrogen-bond acceptors (Lipinski definition) is 2. The summed E-state index contributed by atoms with van der Waals surface area (Å²) in [4.78, 5) is 24.4. The average Bonchev–Trinajstić information content (AvgIpc) is 2.49. The van der Waals surface area contributed by atoms with Crippen molar-refractivity contribution < 1.29 is 14.0 Å². The number of carbonyl (C=O) groups excluding carboxylic acids is 2. The van der Waals surface area contributed by atoms with Crippen LogP contribution >= 0.6 is 0 Å². The molecule has 3 amide bonds. The van der Waals surface area contributed by atoms with Crippen molar-refractivity contribution in [2.45, 2.75) is 26.8 Å². The molecule has 0 spiro atoms. The molecule has 0 radical (unpaired) electrons. The molecule has 0 fully saturated rings. The van der Waals surface area contributed by atoms with E-state index in [-0.39, 0.29) is 23.8 Å². The van der Waals surface area contributed by atoms with E-state index in [4.69, 9.17) is 0 Å². The van der Waals surface area contributed by atoms with Crippen LogP contribution in [-0.2, 0) is 0 Å². The molecule has 0 heterocycles. The standard InChI is InChI=1S/C18H20FN3O2/c1-11(2)20-18(24)22-16-7-5-4-6-14(16)17(23)21-15-9-8-13(19)10-12(15)3/h4-11H,1-3H3,(H,21,23)(H2,20,22,24). The van der Waals surface area contributed by atoms with Crippen molar-refractivity contribution in [3.63, 3.8) is 0 Å². The van der Waals surface area contributed by atoms with Gasteiger partial charge in [-0.25, -0.2) is 9.18 Å². The fourth-order valence-corrected chi connectivity index (χ4v) is 2.17. The Bertz CT molecular complexity index is 760. The quantitative estimate of drug-likeness (QED) is 0.796. The Morgan fingerprint density at radius 1 is 1.00 bits per heavy atom. The Balaban J connectivity index is 2.19. The van der Waals surface area contributed by atoms with Gasteiger partial charge < -0.3 is 16.0 Å². The number of carbonyl (C=O) groups is 2. The number of urea groups is 1. The summed E-state index contributed by atoms with van der Waals surface area (Å²) >= 11 is 0. The highest BCUT2D eigenvalue weighted by Crippen LogP contribution is 2.20. The number of nitrogens with one attached hydrogen (secondary N) is 3. The van der Waals surface area contributed by atoms with E-state index in [0.29, 0.717) is 22.5 Å². The number of rotatable bonds is 4. The maximum atomic E-state index is 13.2. The molecule has 5 nitrogen and oxygen atoms in total. The first-order valence-electron chi connectivity index (χ1n) is 7.61. The van der Waals surface area contributed by atoms with Crippen LogP contribution in [-0.4, -0.2) is 18.0 Å². The average molecular weight is 329 g/mol. The van der Waals surface area contributed by atoms with Crippen LogP contribution in [0.4, 0.5) is 20.6 Å². The molecule has 2 rings (SSSR count). The van der Waals surface area contributed by atoms with Gasteiger partial charge in [0, 0.05) is 11.7 Å². The maximum absolute atomic E-state index is 13.2. The third-order valence-electron chi connectivity index (χ3n) is 3.28. The molecule has 2 aromatic carbocycles. The number of amides is 3. The van der Waals surface area contributed by atoms with Crippen LogP contribution in [0.15, 0.2) is 42.5 Å². The van der Waals surface area contributed by atoms with Gasteiger partial charge in [0.25, 0.3) is 5.91 Å². The zero-order valence-electron chi connectivity index (χ0n) is 13.8. The molecule has 2 aromatic rings. The predicted octanol–water partition coefficient (Wildman–Crippen LogP) is 3.92. The highest BCUT2D eigenvalue weighted by Gasteiger charge is 2.14. The molecule has 3 N–H and O–H groups in total. The zero-order valence-corrected chi connectivity index (χ0v) is 13.8. The van der Waals surface area contributed by atoms with E-state index in [2.05, 4.69) is 16.0 Å². The second kappa shape index (κ2) is 7.59. The van der Waals surface area contributed by atoms with E-state index in [1.807, 2.05) is 13.8 Å². The monoisotopic (exact) mass is 329 g/mol. The molecule has 0 bridgehead atoms. The Morgan fingerprint density at radius 3 is 2.38 bits per heavy atom. The minimum Gasteiger partial charge on any atom is -0.336 e. The van der Waals surface area contributed by atoms with Gasteiger partial charge in [0.2, 0.25) is 0 Å². The van der Waals surface area contributed by atoms with Gasteiger partial charge in [-0.05, 0) is 56.7 Å². The van der Waals surface area contributed by atoms with Crippen molar-refractivity contribution in [1.29, 1.82) is 0 Å². The zero-order chi connectivity index (χ0) is 17.7. The lowest BCUT2D eigenvalue weighted by molar-refractivity contribution is 0.102. The van der Waals surface area contributed by atoms with E-state index >= 15 is 0 Å². The molecule has 0 atom stereocenters. The highest BCUT2D eigenvalue weighted by atomic mass is 19.1. The normalized spacial score (nSPS) is 10.4. The van der Waals surface area contributed by atoms with Crippen LogP contribution in [0.1, 0.15) is 29.8 Å². The number of aryl methyl sites for hydroxylation is 1. The van der Waals surface area contributed by atoms with Gasteiger partial charge in [0.05, 0.1) is 11.3 Å². The van der Waals surface area contributed by atoms with Gasteiger partial charge in [-0.15, -0.1) is 0 Å². The van der Waals surface area contributed by atoms with E-state index in [1.165, 1.54) is 18.2 Å². The van der Waals surface area contributed by atoms with Crippen molar-refractivity contribution in [2.75, 3.05) is 10.6 Å². The highest BCUT2D eigenvalue weighted by molar-refractivity contribution is 6.10. The van der Waals surface area contributed by atoms with Gasteiger partial charge in [0.15, 0.2) is 0 Å². The summed E-state index contributed by atoms with van der Waals surface area (Å²) in [7, 11) is 0. The lowest BCUT2D eigenvalue weighted by Gasteiger charge is -2.14. The van der Waals surface area contributed by atoms with Gasteiger partial charge in [-0.1, -0.05) is 12.1 Å². The maximum Gasteiger partial charge on any atom is 0.319 e. The van der Waals surface area contributed by atoms with Crippen molar-refractivity contribution in [1.82, 2.24) is 5.32 Å². The van der Waals surface area contributed by atoms with Gasteiger partial charge >= 0.3 is 6.03 Å². The molecule has 0 unspecified atom stereocenters. The van der Waals surface area contributed by atoms with Crippen LogP contribution in [0, 0.1) is 12.7 Å². The summed E-state index contributed by atoms with van der Waals surface area (Å²) in [5, 5.41) is 8.09. The molecule has 0 aliphatic heterocycles. The predicted molar refractivity (Wildman–Crippen MR) is 92.8 cm³/mol. The Kier molecular flexibility index (Phi) is 5.52. The molecule has 0 aromatic heterocycles. The second-order valence-corrected chi connectivity index (χ2v) is 5.71. The van der Waals surface area contributed by atoms with Crippen molar-refractivity contribution >= 4 is 23.3 Å². The SMILES string of the molecule is Cc1cc(F)ccc1NC(=O)c1ccccc1NC(=O)NC(C)C. The van der Waals surface area contributed by atoms with Crippen LogP contribution in [0.3, 0.4) is 0 Å². The van der Waals surface area contributed by atoms with Crippen LogP contribution in [0.2, 0.25) is 0 Å². The molecular formula is C18H20FN3O2. The lowest BCUT2D eigenvalue weighted by Crippen LogP contribution is -2.34. The number of anilines is 2. The first-order chi connectivity index (χ1) is 11.4. The minimum atomic E-state index is -0.386. The fraction of sp³-hybridized carbons (Fsp3) is 0.222. The molecule has 24 heavy (non-hydrogen) atoms. The molecular weight excluding hydrogens is 309 g/mol. The summed E-state index contributed by atoms with van der Waals surface area (Å²) < 4.78 is 13.2. The molecule has 0 saturated carbocycles. The second-order valence-electron chi connectivity index (χ2n) is 5.71. The van der Waals surface area contributed by atoms with Gasteiger partial charge in [0.1, 0.15) is 5.82 Å². The summed E-state index contributed by atoms with van der Waals surface area (Å²) in [6.07, 6.45) is 0. The van der Waals surface area contributed by atoms with E-state index in [0.717, 1.165) is 0 Å². The number of hydrogen-bond donors (Lipinski definition) is 3. The number of benzene rings is 2. The van der Waals surface area contributed by atoms with E-state index in [1.54, 1.807) is 31.2 Å². The molecule has 0 aliphatic rings. The smallest absolute Gasteiger partial charge is 0.319 e. The van der Waals surface area contributed by atoms with Crippen LogP contribution in [0.25, 0.3) is 0 Å². The molecule has 0 saturated heterocycles. The van der Waals surface area contributed by atoms with Crippen molar-refractivity contribution in [3.05, 3.63) is 59.4 Å². The first kappa shape index (κ1) is 17.5. The summed E-state index contributed by atoms with van der Waals surface area (Å²) in [5.74, 6) is -0.747. The molecule has 126 valence electrons. The van der Waals surface area contributed by atoms with Crippen LogP contribution in [0.5, 0.6) is 0 Å². The Hall–Kier alpha value is -2.89. The third kappa shape index (κ3) is 4.55. The Morgan fingerprint density at radius 2 is 1.71 bits per heavy atom. The molecule has 0 aliphatic carbocycles. The summed E-state index contributed by atoms with van der Waals surface area (Å²) in [6.45, 7) is 5.39. The molecule has 6 heteroatoms. The van der Waals surface area contributed by atoms with E-state index in [9.17, 15) is 14.0 Å². The number of halogens is 1.